The number of hydrogen-bond acceptors (Lipinski definition) is 7. The van der Waals surface area contributed by atoms with Crippen LogP contribution in [0.15, 0.2) is 24.3 Å². The van der Waals surface area contributed by atoms with Gasteiger partial charge in [0.1, 0.15) is 17.4 Å². The Bertz CT molecular complexity index is 1270. The van der Waals surface area contributed by atoms with Crippen LogP contribution in [-0.2, 0) is 25.7 Å². The van der Waals surface area contributed by atoms with Crippen molar-refractivity contribution >= 4 is 29.1 Å². The number of nitrogens with one attached hydrogen (secondary N) is 2. The van der Waals surface area contributed by atoms with E-state index in [2.05, 4.69) is 15.5 Å². The number of anilines is 2. The van der Waals surface area contributed by atoms with Crippen molar-refractivity contribution in [1.82, 2.24) is 10.2 Å². The fourth-order valence-electron chi connectivity index (χ4n) is 5.43. The summed E-state index contributed by atoms with van der Waals surface area (Å²) in [4.78, 5) is 40.2. The number of aromatic hydroxyl groups is 1. The lowest BCUT2D eigenvalue weighted by Crippen LogP contribution is -2.48. The van der Waals surface area contributed by atoms with Gasteiger partial charge in [-0.2, -0.15) is 0 Å². The third-order valence-corrected chi connectivity index (χ3v) is 7.72. The van der Waals surface area contributed by atoms with Crippen LogP contribution in [0.2, 0.25) is 0 Å². The highest BCUT2D eigenvalue weighted by molar-refractivity contribution is 6.01. The van der Waals surface area contributed by atoms with Crippen LogP contribution in [0.3, 0.4) is 0 Å². The summed E-state index contributed by atoms with van der Waals surface area (Å²) in [6, 6.07) is 5.82. The molecule has 0 aromatic heterocycles. The van der Waals surface area contributed by atoms with Crippen molar-refractivity contribution in [1.29, 1.82) is 0 Å². The summed E-state index contributed by atoms with van der Waals surface area (Å²) in [7, 11) is 0. The molecule has 3 heterocycles. The van der Waals surface area contributed by atoms with Gasteiger partial charge < -0.3 is 20.1 Å². The quantitative estimate of drug-likeness (QED) is 0.462. The van der Waals surface area contributed by atoms with E-state index in [-0.39, 0.29) is 42.4 Å². The van der Waals surface area contributed by atoms with Gasteiger partial charge in [0.15, 0.2) is 0 Å². The molecule has 5 rings (SSSR count). The molecular weight excluding hydrogens is 510 g/mol. The van der Waals surface area contributed by atoms with E-state index >= 15 is 0 Å². The lowest BCUT2D eigenvalue weighted by molar-refractivity contribution is -0.134. The first-order chi connectivity index (χ1) is 18.7. The molecule has 3 amide bonds. The first-order valence-corrected chi connectivity index (χ1v) is 13.2. The molecule has 1 atom stereocenters. The number of amides is 3. The van der Waals surface area contributed by atoms with Gasteiger partial charge in [-0.05, 0) is 42.7 Å². The fourth-order valence-corrected chi connectivity index (χ4v) is 5.43. The molecule has 3 aliphatic rings. The van der Waals surface area contributed by atoms with Crippen LogP contribution >= 0.6 is 0 Å². The third kappa shape index (κ3) is 6.04. The van der Waals surface area contributed by atoms with Gasteiger partial charge >= 0.3 is 0 Å². The predicted molar refractivity (Wildman–Crippen MR) is 139 cm³/mol. The van der Waals surface area contributed by atoms with Gasteiger partial charge in [-0.25, -0.2) is 8.78 Å². The number of carbonyl (C=O) groups is 3. The number of rotatable bonds is 7. The minimum Gasteiger partial charge on any atom is -0.508 e. The van der Waals surface area contributed by atoms with E-state index in [1.807, 2.05) is 13.0 Å². The zero-order valence-corrected chi connectivity index (χ0v) is 21.8. The van der Waals surface area contributed by atoms with Gasteiger partial charge in [-0.15, -0.1) is 0 Å². The van der Waals surface area contributed by atoms with Crippen LogP contribution in [0.25, 0.3) is 0 Å². The normalized spacial score (nSPS) is 20.5. The SMILES string of the molecule is Cc1c(O)cc(NC(=O)CC2CN(c3cc(F)c(C4CCC(=O)NC4=O)c(F)c3)C2)cc1CN1CCOCC1. The van der Waals surface area contributed by atoms with Crippen LogP contribution < -0.4 is 15.5 Å². The topological polar surface area (TPSA) is 111 Å². The molecule has 3 fully saturated rings. The molecule has 0 aliphatic carbocycles. The molecule has 11 heteroatoms. The molecule has 39 heavy (non-hydrogen) atoms. The van der Waals surface area contributed by atoms with E-state index in [0.29, 0.717) is 44.2 Å². The fraction of sp³-hybridized carbons (Fsp3) is 0.464. The number of imide groups is 1. The van der Waals surface area contributed by atoms with E-state index < -0.39 is 29.4 Å². The number of hydrogen-bond donors (Lipinski definition) is 3. The summed E-state index contributed by atoms with van der Waals surface area (Å²) >= 11 is 0. The average Bonchev–Trinajstić information content (AvgIpc) is 2.85. The highest BCUT2D eigenvalue weighted by Gasteiger charge is 2.34. The highest BCUT2D eigenvalue weighted by Crippen LogP contribution is 2.35. The first kappa shape index (κ1) is 27.0. The average molecular weight is 543 g/mol. The molecular formula is C28H32F2N4O5. The Morgan fingerprint density at radius 3 is 2.49 bits per heavy atom. The highest BCUT2D eigenvalue weighted by atomic mass is 19.1. The Hall–Kier alpha value is -3.57. The second kappa shape index (κ2) is 11.3. The summed E-state index contributed by atoms with van der Waals surface area (Å²) in [6.07, 6.45) is 0.319. The Morgan fingerprint density at radius 1 is 1.13 bits per heavy atom. The van der Waals surface area contributed by atoms with Crippen molar-refractivity contribution in [2.24, 2.45) is 5.92 Å². The minimum atomic E-state index is -1.04. The maximum Gasteiger partial charge on any atom is 0.234 e. The van der Waals surface area contributed by atoms with Crippen molar-refractivity contribution in [3.63, 3.8) is 0 Å². The Kier molecular flexibility index (Phi) is 7.81. The summed E-state index contributed by atoms with van der Waals surface area (Å²) in [5.74, 6) is -3.92. The van der Waals surface area contributed by atoms with Gasteiger partial charge in [0.2, 0.25) is 17.7 Å². The van der Waals surface area contributed by atoms with Crippen molar-refractivity contribution in [3.8, 4) is 5.75 Å². The van der Waals surface area contributed by atoms with E-state index in [4.69, 9.17) is 4.74 Å². The summed E-state index contributed by atoms with van der Waals surface area (Å²) < 4.78 is 35.1. The summed E-state index contributed by atoms with van der Waals surface area (Å²) in [6.45, 7) is 6.36. The number of phenolic OH excluding ortho intramolecular Hbond substituents is 1. The molecule has 3 N–H and O–H groups in total. The number of phenols is 1. The largest absolute Gasteiger partial charge is 0.508 e. The molecule has 1 unspecified atom stereocenters. The minimum absolute atomic E-state index is 0.00204. The molecule has 2 aromatic carbocycles. The monoisotopic (exact) mass is 542 g/mol. The lowest BCUT2D eigenvalue weighted by atomic mass is 9.89. The summed E-state index contributed by atoms with van der Waals surface area (Å²) in [5, 5.41) is 15.4. The number of nitrogens with zero attached hydrogens (tertiary/aromatic N) is 2. The number of piperidine rings is 1. The summed E-state index contributed by atoms with van der Waals surface area (Å²) in [5.41, 5.74) is 2.25. The number of halogens is 2. The number of carbonyl (C=O) groups excluding carboxylic acids is 3. The van der Waals surface area contributed by atoms with Gasteiger partial charge in [0, 0.05) is 74.5 Å². The molecule has 208 valence electrons. The van der Waals surface area contributed by atoms with Gasteiger partial charge in [0.25, 0.3) is 0 Å². The Balaban J connectivity index is 1.16. The molecule has 0 bridgehead atoms. The predicted octanol–water partition coefficient (Wildman–Crippen LogP) is 2.80. The van der Waals surface area contributed by atoms with Crippen LogP contribution in [0, 0.1) is 24.5 Å². The smallest absolute Gasteiger partial charge is 0.234 e. The Labute approximate surface area is 225 Å². The van der Waals surface area contributed by atoms with Gasteiger partial charge in [-0.1, -0.05) is 0 Å². The van der Waals surface area contributed by atoms with E-state index in [1.54, 1.807) is 11.0 Å². The van der Waals surface area contributed by atoms with Crippen LogP contribution in [-0.4, -0.2) is 67.1 Å². The van der Waals surface area contributed by atoms with Gasteiger partial charge in [-0.3, -0.25) is 24.6 Å². The maximum absolute atomic E-state index is 14.9. The van der Waals surface area contributed by atoms with E-state index in [9.17, 15) is 28.3 Å². The third-order valence-electron chi connectivity index (χ3n) is 7.72. The second-order valence-corrected chi connectivity index (χ2v) is 10.5. The van der Waals surface area contributed by atoms with Gasteiger partial charge in [0.05, 0.1) is 19.1 Å². The van der Waals surface area contributed by atoms with Crippen LogP contribution in [0.1, 0.15) is 41.9 Å². The van der Waals surface area contributed by atoms with Crippen LogP contribution in [0.5, 0.6) is 5.75 Å². The molecule has 3 aliphatic heterocycles. The molecule has 9 nitrogen and oxygen atoms in total. The first-order valence-electron chi connectivity index (χ1n) is 13.2. The number of benzene rings is 2. The van der Waals surface area contributed by atoms with Crippen molar-refractivity contribution in [2.45, 2.75) is 38.6 Å². The molecule has 0 spiro atoms. The van der Waals surface area contributed by atoms with Crippen molar-refractivity contribution < 1.29 is 33.0 Å². The zero-order valence-electron chi connectivity index (χ0n) is 21.8. The standard InChI is InChI=1S/C28H32F2N4O5/c1-16-18(15-33-4-6-39-7-5-33)9-19(10-24(16)35)31-26(37)8-17-13-34(14-17)20-11-22(29)27(23(30)12-20)21-2-3-25(36)32-28(21)38/h9-12,17,21,35H,2-8,13-15H2,1H3,(H,31,37)(H,32,36,38). The molecule has 0 saturated carbocycles. The number of morpholine rings is 1. The Morgan fingerprint density at radius 2 is 1.82 bits per heavy atom. The second-order valence-electron chi connectivity index (χ2n) is 10.5. The molecule has 0 radical (unpaired) electrons. The zero-order chi connectivity index (χ0) is 27.7. The van der Waals surface area contributed by atoms with Crippen molar-refractivity contribution in [2.75, 3.05) is 49.6 Å². The van der Waals surface area contributed by atoms with Crippen LogP contribution in [0.4, 0.5) is 20.2 Å². The van der Waals surface area contributed by atoms with Crippen molar-refractivity contribution in [3.05, 3.63) is 52.6 Å². The molecule has 3 saturated heterocycles. The maximum atomic E-state index is 14.9. The number of ether oxygens (including phenoxy) is 1. The van der Waals surface area contributed by atoms with E-state index in [1.165, 1.54) is 12.1 Å². The molecule has 2 aromatic rings. The van der Waals surface area contributed by atoms with E-state index in [0.717, 1.165) is 24.2 Å². The lowest BCUT2D eigenvalue weighted by Gasteiger charge is -2.41.